The number of hydrogen-bond donors (Lipinski definition) is 1. The molecule has 2 fully saturated rings. The van der Waals surface area contributed by atoms with Crippen molar-refractivity contribution in [2.45, 2.75) is 64.1 Å². The first kappa shape index (κ1) is 14.5. The Labute approximate surface area is 126 Å². The van der Waals surface area contributed by atoms with Crippen molar-refractivity contribution < 1.29 is 0 Å². The van der Waals surface area contributed by atoms with Gasteiger partial charge in [-0.1, -0.05) is 26.2 Å². The summed E-state index contributed by atoms with van der Waals surface area (Å²) in [6, 6.07) is 1.38. The quantitative estimate of drug-likeness (QED) is 0.923. The van der Waals surface area contributed by atoms with E-state index in [4.69, 9.17) is 0 Å². The van der Waals surface area contributed by atoms with E-state index < -0.39 is 0 Å². The van der Waals surface area contributed by atoms with Gasteiger partial charge >= 0.3 is 0 Å². The topological polar surface area (TPSA) is 28.2 Å². The molecule has 3 nitrogen and oxygen atoms in total. The molecule has 1 aromatic rings. The minimum absolute atomic E-state index is 0.677. The van der Waals surface area contributed by atoms with E-state index in [1.807, 2.05) is 5.51 Å². The van der Waals surface area contributed by atoms with Gasteiger partial charge in [0, 0.05) is 37.1 Å². The molecule has 1 aliphatic heterocycles. The van der Waals surface area contributed by atoms with Crippen molar-refractivity contribution in [1.82, 2.24) is 15.2 Å². The molecule has 1 aliphatic carbocycles. The molecule has 20 heavy (non-hydrogen) atoms. The fourth-order valence-corrected chi connectivity index (χ4v) is 4.40. The second-order valence-corrected chi connectivity index (χ2v) is 7.10. The lowest BCUT2D eigenvalue weighted by Gasteiger charge is -2.43. The van der Waals surface area contributed by atoms with Gasteiger partial charge in [-0.25, -0.2) is 4.98 Å². The molecule has 0 bridgehead atoms. The summed E-state index contributed by atoms with van der Waals surface area (Å²) < 4.78 is 0. The number of piperazine rings is 1. The Morgan fingerprint density at radius 2 is 2.20 bits per heavy atom. The van der Waals surface area contributed by atoms with E-state index in [1.54, 1.807) is 11.3 Å². The van der Waals surface area contributed by atoms with Gasteiger partial charge in [0.15, 0.2) is 0 Å². The van der Waals surface area contributed by atoms with E-state index in [-0.39, 0.29) is 0 Å². The lowest BCUT2D eigenvalue weighted by Crippen LogP contribution is -2.58. The maximum atomic E-state index is 4.47. The normalized spacial score (nSPS) is 29.6. The molecule has 112 valence electrons. The number of hydrogen-bond acceptors (Lipinski definition) is 4. The molecule has 0 radical (unpaired) electrons. The van der Waals surface area contributed by atoms with Gasteiger partial charge in [0.1, 0.15) is 0 Å². The maximum absolute atomic E-state index is 4.47. The van der Waals surface area contributed by atoms with E-state index in [1.165, 1.54) is 50.8 Å². The number of aromatic nitrogens is 1. The van der Waals surface area contributed by atoms with Crippen molar-refractivity contribution in [3.8, 4) is 0 Å². The molecule has 3 rings (SSSR count). The standard InChI is InChI=1S/C16H27N3S/c1-2-15-8-17-16(13-6-4-3-5-7-13)10-19(15)9-14-11-20-12-18-14/h11-13,15-17H,2-10H2,1H3. The molecule has 1 N–H and O–H groups in total. The van der Waals surface area contributed by atoms with Gasteiger partial charge in [-0.05, 0) is 25.2 Å². The van der Waals surface area contributed by atoms with Gasteiger partial charge in [0.2, 0.25) is 0 Å². The highest BCUT2D eigenvalue weighted by atomic mass is 32.1. The summed E-state index contributed by atoms with van der Waals surface area (Å²) in [5.41, 5.74) is 3.20. The zero-order chi connectivity index (χ0) is 13.8. The second-order valence-electron chi connectivity index (χ2n) is 6.38. The zero-order valence-electron chi connectivity index (χ0n) is 12.6. The highest BCUT2D eigenvalue weighted by Crippen LogP contribution is 2.29. The van der Waals surface area contributed by atoms with Crippen LogP contribution in [0, 0.1) is 5.92 Å². The molecule has 1 saturated carbocycles. The minimum atomic E-state index is 0.677. The molecule has 0 amide bonds. The van der Waals surface area contributed by atoms with Gasteiger partial charge in [0.05, 0.1) is 11.2 Å². The van der Waals surface area contributed by atoms with E-state index in [0.717, 1.165) is 19.0 Å². The van der Waals surface area contributed by atoms with Crippen LogP contribution >= 0.6 is 11.3 Å². The molecule has 0 spiro atoms. The van der Waals surface area contributed by atoms with Gasteiger partial charge < -0.3 is 5.32 Å². The predicted molar refractivity (Wildman–Crippen MR) is 85.0 cm³/mol. The van der Waals surface area contributed by atoms with Crippen LogP contribution < -0.4 is 5.32 Å². The maximum Gasteiger partial charge on any atom is 0.0795 e. The highest BCUT2D eigenvalue weighted by molar-refractivity contribution is 7.07. The summed E-state index contributed by atoms with van der Waals surface area (Å²) in [6.45, 7) is 5.71. The fourth-order valence-electron chi connectivity index (χ4n) is 3.85. The molecule has 1 aromatic heterocycles. The van der Waals surface area contributed by atoms with Crippen LogP contribution in [0.15, 0.2) is 10.9 Å². The van der Waals surface area contributed by atoms with Crippen LogP contribution in [-0.2, 0) is 6.54 Å². The minimum Gasteiger partial charge on any atom is -0.311 e. The smallest absolute Gasteiger partial charge is 0.0795 e. The van der Waals surface area contributed by atoms with Crippen molar-refractivity contribution in [1.29, 1.82) is 0 Å². The van der Waals surface area contributed by atoms with Crippen molar-refractivity contribution in [2.24, 2.45) is 5.92 Å². The molecular formula is C16H27N3S. The van der Waals surface area contributed by atoms with Gasteiger partial charge in [-0.3, -0.25) is 4.90 Å². The second kappa shape index (κ2) is 7.01. The molecule has 2 aliphatic rings. The van der Waals surface area contributed by atoms with Crippen LogP contribution in [0.3, 0.4) is 0 Å². The number of rotatable bonds is 4. The van der Waals surface area contributed by atoms with Crippen LogP contribution in [0.25, 0.3) is 0 Å². The predicted octanol–water partition coefficient (Wildman–Crippen LogP) is 3.28. The summed E-state index contributed by atoms with van der Waals surface area (Å²) in [6.07, 6.45) is 8.41. The highest BCUT2D eigenvalue weighted by Gasteiger charge is 2.32. The Morgan fingerprint density at radius 1 is 1.35 bits per heavy atom. The Balaban J connectivity index is 1.62. The number of nitrogens with zero attached hydrogens (tertiary/aromatic N) is 2. The molecule has 1 saturated heterocycles. The Morgan fingerprint density at radius 3 is 2.90 bits per heavy atom. The largest absolute Gasteiger partial charge is 0.311 e. The van der Waals surface area contributed by atoms with Crippen LogP contribution in [-0.4, -0.2) is 35.1 Å². The van der Waals surface area contributed by atoms with Gasteiger partial charge in [-0.15, -0.1) is 11.3 Å². The van der Waals surface area contributed by atoms with Gasteiger partial charge in [0.25, 0.3) is 0 Å². The summed E-state index contributed by atoms with van der Waals surface area (Å²) in [5, 5.41) is 6.04. The van der Waals surface area contributed by atoms with Crippen molar-refractivity contribution in [3.05, 3.63) is 16.6 Å². The van der Waals surface area contributed by atoms with Crippen LogP contribution in [0.1, 0.15) is 51.1 Å². The molecule has 4 heteroatoms. The monoisotopic (exact) mass is 293 g/mol. The first-order valence-electron chi connectivity index (χ1n) is 8.21. The number of thiazole rings is 1. The van der Waals surface area contributed by atoms with Crippen molar-refractivity contribution >= 4 is 11.3 Å². The van der Waals surface area contributed by atoms with Crippen LogP contribution in [0.2, 0.25) is 0 Å². The SMILES string of the molecule is CCC1CNC(C2CCCCC2)CN1Cc1cscn1. The fraction of sp³-hybridized carbons (Fsp3) is 0.812. The van der Waals surface area contributed by atoms with E-state index in [2.05, 4.69) is 27.5 Å². The summed E-state index contributed by atoms with van der Waals surface area (Å²) in [7, 11) is 0. The third kappa shape index (κ3) is 3.41. The molecule has 2 atom stereocenters. The number of nitrogens with one attached hydrogen (secondary N) is 1. The third-order valence-corrected chi connectivity index (χ3v) is 5.74. The van der Waals surface area contributed by atoms with Gasteiger partial charge in [-0.2, -0.15) is 0 Å². The lowest BCUT2D eigenvalue weighted by atomic mass is 9.82. The van der Waals surface area contributed by atoms with Crippen molar-refractivity contribution in [2.75, 3.05) is 13.1 Å². The molecular weight excluding hydrogens is 266 g/mol. The summed E-state index contributed by atoms with van der Waals surface area (Å²) >= 11 is 1.71. The van der Waals surface area contributed by atoms with E-state index in [9.17, 15) is 0 Å². The Bertz CT molecular complexity index is 386. The molecule has 0 aromatic carbocycles. The Kier molecular flexibility index (Phi) is 5.08. The molecule has 2 heterocycles. The lowest BCUT2D eigenvalue weighted by molar-refractivity contribution is 0.0864. The first-order valence-corrected chi connectivity index (χ1v) is 9.15. The average molecular weight is 293 g/mol. The van der Waals surface area contributed by atoms with E-state index in [0.29, 0.717) is 12.1 Å². The molecule has 2 unspecified atom stereocenters. The Hall–Kier alpha value is -0.450. The summed E-state index contributed by atoms with van der Waals surface area (Å²) in [4.78, 5) is 7.14. The summed E-state index contributed by atoms with van der Waals surface area (Å²) in [5.74, 6) is 0.902. The third-order valence-electron chi connectivity index (χ3n) is 5.10. The van der Waals surface area contributed by atoms with E-state index >= 15 is 0 Å². The average Bonchev–Trinajstić information content (AvgIpc) is 3.01. The van der Waals surface area contributed by atoms with Crippen molar-refractivity contribution in [3.63, 3.8) is 0 Å². The zero-order valence-corrected chi connectivity index (χ0v) is 13.4. The van der Waals surface area contributed by atoms with Crippen LogP contribution in [0.4, 0.5) is 0 Å². The first-order chi connectivity index (χ1) is 9.86. The van der Waals surface area contributed by atoms with Crippen LogP contribution in [0.5, 0.6) is 0 Å².